The third-order valence-electron chi connectivity index (χ3n) is 7.87. The summed E-state index contributed by atoms with van der Waals surface area (Å²) in [5.41, 5.74) is 4.83. The number of esters is 1. The second kappa shape index (κ2) is 9.49. The standard InChI is InChI=1S/C30H31NO5/c1-18-27(30(33)36-22-10-6-3-7-11-22)28(20-12-13-25-26(16-20)35-17-34-25)29-23(31-18)14-21(15-24(29)32)19-8-4-2-5-9-19/h2,4-5,8-9,12-13,16,21-22,28,31H,3,6-7,10-11,14-15,17H2,1H3/t21-,28+/m1/s1. The molecule has 0 radical (unpaired) electrons. The number of carbonyl (C=O) groups is 2. The number of rotatable bonds is 4. The second-order valence-corrected chi connectivity index (χ2v) is 10.2. The number of ketones is 1. The van der Waals surface area contributed by atoms with Gasteiger partial charge in [-0.15, -0.1) is 0 Å². The SMILES string of the molecule is CC1=C(C(=O)OC2CCCCC2)[C@H](c2ccc3c(c2)OCO3)C2=C(C[C@@H](c3ccccc3)CC2=O)N1. The Labute approximate surface area is 211 Å². The molecule has 2 heterocycles. The van der Waals surface area contributed by atoms with Crippen LogP contribution in [0.2, 0.25) is 0 Å². The molecular formula is C30H31NO5. The first-order chi connectivity index (χ1) is 17.6. The van der Waals surface area contributed by atoms with Crippen molar-refractivity contribution in [3.05, 3.63) is 82.2 Å². The van der Waals surface area contributed by atoms with E-state index in [4.69, 9.17) is 14.2 Å². The van der Waals surface area contributed by atoms with Gasteiger partial charge in [-0.25, -0.2) is 4.79 Å². The van der Waals surface area contributed by atoms with Crippen LogP contribution in [0, 0.1) is 0 Å². The lowest BCUT2D eigenvalue weighted by Gasteiger charge is -2.37. The van der Waals surface area contributed by atoms with E-state index in [1.807, 2.05) is 43.3 Å². The highest BCUT2D eigenvalue weighted by Gasteiger charge is 2.42. The lowest BCUT2D eigenvalue weighted by atomic mass is 9.71. The Balaban J connectivity index is 1.39. The molecule has 2 aliphatic heterocycles. The molecular weight excluding hydrogens is 454 g/mol. The lowest BCUT2D eigenvalue weighted by Crippen LogP contribution is -2.37. The van der Waals surface area contributed by atoms with E-state index >= 15 is 0 Å². The van der Waals surface area contributed by atoms with Gasteiger partial charge in [0.05, 0.1) is 5.57 Å². The first-order valence-corrected chi connectivity index (χ1v) is 13.0. The van der Waals surface area contributed by atoms with Crippen molar-refractivity contribution in [2.24, 2.45) is 0 Å². The minimum absolute atomic E-state index is 0.0655. The van der Waals surface area contributed by atoms with E-state index in [-0.39, 0.29) is 30.6 Å². The Morgan fingerprint density at radius 1 is 0.944 bits per heavy atom. The highest BCUT2D eigenvalue weighted by molar-refractivity contribution is 6.04. The first-order valence-electron chi connectivity index (χ1n) is 13.0. The molecule has 36 heavy (non-hydrogen) atoms. The molecule has 2 aliphatic carbocycles. The molecule has 0 spiro atoms. The van der Waals surface area contributed by atoms with Crippen LogP contribution in [0.3, 0.4) is 0 Å². The van der Waals surface area contributed by atoms with Crippen molar-refractivity contribution in [1.29, 1.82) is 0 Å². The van der Waals surface area contributed by atoms with Crippen LogP contribution in [0.15, 0.2) is 71.1 Å². The molecule has 0 saturated heterocycles. The second-order valence-electron chi connectivity index (χ2n) is 10.2. The topological polar surface area (TPSA) is 73.9 Å². The van der Waals surface area contributed by atoms with Gasteiger partial charge in [-0.1, -0.05) is 42.8 Å². The van der Waals surface area contributed by atoms with Gasteiger partial charge < -0.3 is 19.5 Å². The number of allylic oxidation sites excluding steroid dienone is 3. The Hall–Kier alpha value is -3.54. The molecule has 0 bridgehead atoms. The summed E-state index contributed by atoms with van der Waals surface area (Å²) in [4.78, 5) is 27.4. The molecule has 2 atom stereocenters. The quantitative estimate of drug-likeness (QED) is 0.564. The molecule has 0 unspecified atom stereocenters. The highest BCUT2D eigenvalue weighted by Crippen LogP contribution is 2.47. The summed E-state index contributed by atoms with van der Waals surface area (Å²) in [6.45, 7) is 2.08. The Morgan fingerprint density at radius 2 is 1.72 bits per heavy atom. The monoisotopic (exact) mass is 485 g/mol. The van der Waals surface area contributed by atoms with E-state index in [9.17, 15) is 9.59 Å². The summed E-state index contributed by atoms with van der Waals surface area (Å²) in [6.07, 6.45) is 6.19. The molecule has 1 fully saturated rings. The summed E-state index contributed by atoms with van der Waals surface area (Å²) in [7, 11) is 0. The van der Waals surface area contributed by atoms with Gasteiger partial charge in [0.1, 0.15) is 6.10 Å². The lowest BCUT2D eigenvalue weighted by molar-refractivity contribution is -0.146. The molecule has 1 saturated carbocycles. The summed E-state index contributed by atoms with van der Waals surface area (Å²) in [6, 6.07) is 15.9. The summed E-state index contributed by atoms with van der Waals surface area (Å²) in [5, 5.41) is 3.45. The van der Waals surface area contributed by atoms with Gasteiger partial charge in [0, 0.05) is 29.3 Å². The largest absolute Gasteiger partial charge is 0.459 e. The predicted octanol–water partition coefficient (Wildman–Crippen LogP) is 5.65. The van der Waals surface area contributed by atoms with Crippen LogP contribution in [0.5, 0.6) is 11.5 Å². The molecule has 0 amide bonds. The van der Waals surface area contributed by atoms with Crippen molar-refractivity contribution in [3.63, 3.8) is 0 Å². The number of hydrogen-bond acceptors (Lipinski definition) is 6. The smallest absolute Gasteiger partial charge is 0.337 e. The zero-order chi connectivity index (χ0) is 24.6. The maximum Gasteiger partial charge on any atom is 0.337 e. The maximum absolute atomic E-state index is 13.8. The fraction of sp³-hybridized carbons (Fsp3) is 0.400. The molecule has 6 heteroatoms. The van der Waals surface area contributed by atoms with Crippen LogP contribution >= 0.6 is 0 Å². The molecule has 0 aromatic heterocycles. The number of nitrogens with one attached hydrogen (secondary N) is 1. The number of dihydropyridines is 1. The Kier molecular flexibility index (Phi) is 6.04. The van der Waals surface area contributed by atoms with Crippen molar-refractivity contribution >= 4 is 11.8 Å². The molecule has 186 valence electrons. The molecule has 6 rings (SSSR count). The van der Waals surface area contributed by atoms with E-state index in [1.54, 1.807) is 0 Å². The summed E-state index contributed by atoms with van der Waals surface area (Å²) < 4.78 is 17.2. The maximum atomic E-state index is 13.8. The van der Waals surface area contributed by atoms with Crippen molar-refractivity contribution in [3.8, 4) is 11.5 Å². The molecule has 2 aromatic rings. The van der Waals surface area contributed by atoms with Crippen molar-refractivity contribution in [2.75, 3.05) is 6.79 Å². The highest BCUT2D eigenvalue weighted by atomic mass is 16.7. The number of ether oxygens (including phenoxy) is 3. The van der Waals surface area contributed by atoms with Crippen LogP contribution < -0.4 is 14.8 Å². The van der Waals surface area contributed by atoms with Gasteiger partial charge in [0.15, 0.2) is 17.3 Å². The van der Waals surface area contributed by atoms with Gasteiger partial charge in [-0.2, -0.15) is 0 Å². The minimum atomic E-state index is -0.504. The van der Waals surface area contributed by atoms with Gasteiger partial charge in [-0.05, 0) is 68.2 Å². The number of hydrogen-bond donors (Lipinski definition) is 1. The minimum Gasteiger partial charge on any atom is -0.459 e. The van der Waals surface area contributed by atoms with E-state index in [0.717, 1.165) is 48.2 Å². The van der Waals surface area contributed by atoms with Crippen LogP contribution in [0.1, 0.15) is 74.8 Å². The third-order valence-corrected chi connectivity index (χ3v) is 7.87. The van der Waals surface area contributed by atoms with E-state index in [0.29, 0.717) is 35.5 Å². The molecule has 4 aliphatic rings. The van der Waals surface area contributed by atoms with Crippen molar-refractivity contribution in [2.45, 2.75) is 69.8 Å². The van der Waals surface area contributed by atoms with Gasteiger partial charge in [-0.3, -0.25) is 4.79 Å². The fourth-order valence-corrected chi connectivity index (χ4v) is 6.09. The predicted molar refractivity (Wildman–Crippen MR) is 135 cm³/mol. The number of Topliss-reactive ketones (excluding diaryl/α,β-unsaturated/α-hetero) is 1. The van der Waals surface area contributed by atoms with Gasteiger partial charge >= 0.3 is 5.97 Å². The summed E-state index contributed by atoms with van der Waals surface area (Å²) >= 11 is 0. The van der Waals surface area contributed by atoms with Gasteiger partial charge in [0.2, 0.25) is 6.79 Å². The van der Waals surface area contributed by atoms with E-state index in [2.05, 4.69) is 17.4 Å². The van der Waals surface area contributed by atoms with Crippen LogP contribution in [-0.4, -0.2) is 24.6 Å². The average Bonchev–Trinajstić information content (AvgIpc) is 3.37. The van der Waals surface area contributed by atoms with Crippen LogP contribution in [-0.2, 0) is 14.3 Å². The Bertz CT molecular complexity index is 1260. The van der Waals surface area contributed by atoms with Crippen LogP contribution in [0.25, 0.3) is 0 Å². The summed E-state index contributed by atoms with van der Waals surface area (Å²) in [5.74, 6) is 0.640. The zero-order valence-corrected chi connectivity index (χ0v) is 20.5. The number of carbonyl (C=O) groups excluding carboxylic acids is 2. The Morgan fingerprint density at radius 3 is 2.53 bits per heavy atom. The van der Waals surface area contributed by atoms with Crippen molar-refractivity contribution in [1.82, 2.24) is 5.32 Å². The first kappa shape index (κ1) is 22.9. The van der Waals surface area contributed by atoms with E-state index < -0.39 is 5.92 Å². The average molecular weight is 486 g/mol. The van der Waals surface area contributed by atoms with E-state index in [1.165, 1.54) is 6.42 Å². The number of benzene rings is 2. The fourth-order valence-electron chi connectivity index (χ4n) is 6.09. The third kappa shape index (κ3) is 4.19. The zero-order valence-electron chi connectivity index (χ0n) is 20.5. The normalized spacial score (nSPS) is 23.9. The van der Waals surface area contributed by atoms with Gasteiger partial charge in [0.25, 0.3) is 0 Å². The number of fused-ring (bicyclic) bond motifs is 1. The van der Waals surface area contributed by atoms with Crippen LogP contribution in [0.4, 0.5) is 0 Å². The molecule has 2 aromatic carbocycles. The molecule has 6 nitrogen and oxygen atoms in total. The molecule has 1 N–H and O–H groups in total. The van der Waals surface area contributed by atoms with Crippen molar-refractivity contribution < 1.29 is 23.8 Å².